The second kappa shape index (κ2) is 8.08. The Labute approximate surface area is 163 Å². The van der Waals surface area contributed by atoms with Gasteiger partial charge in [0.2, 0.25) is 0 Å². The summed E-state index contributed by atoms with van der Waals surface area (Å²) in [5.41, 5.74) is 3.07. The van der Waals surface area contributed by atoms with Crippen molar-refractivity contribution >= 4 is 28.5 Å². The first-order valence-corrected chi connectivity index (χ1v) is 25.8. The molecule has 0 bridgehead atoms. The van der Waals surface area contributed by atoms with Crippen LogP contribution in [0, 0.1) is 0 Å². The first-order chi connectivity index (χ1) is 12.3. The van der Waals surface area contributed by atoms with Crippen molar-refractivity contribution in [3.05, 3.63) is 102 Å². The number of allylic oxidation sites excluding steroid dienone is 1. The molecule has 3 unspecified atom stereocenters. The Balaban J connectivity index is 0.00000131. The van der Waals surface area contributed by atoms with Crippen LogP contribution in [0.1, 0.15) is 17.7 Å². The van der Waals surface area contributed by atoms with Gasteiger partial charge in [0.25, 0.3) is 0 Å². The summed E-state index contributed by atoms with van der Waals surface area (Å²) in [6.07, 6.45) is 4.93. The van der Waals surface area contributed by atoms with Crippen LogP contribution in [0.3, 0.4) is 0 Å². The van der Waals surface area contributed by atoms with Gasteiger partial charge in [0.05, 0.1) is 0 Å². The summed E-state index contributed by atoms with van der Waals surface area (Å²) in [6.45, 7) is 2.63. The maximum atomic E-state index is 2.63. The van der Waals surface area contributed by atoms with Gasteiger partial charge in [-0.15, -0.1) is 0 Å². The van der Waals surface area contributed by atoms with E-state index in [2.05, 4.69) is 104 Å². The number of hydrogen-bond acceptors (Lipinski definition) is 0. The van der Waals surface area contributed by atoms with E-state index in [1.54, 1.807) is 16.1 Å². The molecule has 4 rings (SSSR count). The SMILES string of the molecule is C[SiH](c1ccccc1)[Hf+2]([PH]c1ccccc1)[CH]1C=Cc2ccccc21.[H-].[H-]. The van der Waals surface area contributed by atoms with Crippen molar-refractivity contribution in [3.63, 3.8) is 0 Å². The van der Waals surface area contributed by atoms with Gasteiger partial charge in [0.15, 0.2) is 0 Å². The molecule has 125 valence electrons. The summed E-state index contributed by atoms with van der Waals surface area (Å²) in [6, 6.07) is 31.7. The van der Waals surface area contributed by atoms with Crippen LogP contribution in [-0.2, 0) is 20.0 Å². The van der Waals surface area contributed by atoms with Crippen molar-refractivity contribution in [1.29, 1.82) is 0 Å². The van der Waals surface area contributed by atoms with Crippen LogP contribution in [0.5, 0.6) is 0 Å². The predicted octanol–water partition coefficient (Wildman–Crippen LogP) is 4.78. The van der Waals surface area contributed by atoms with Gasteiger partial charge < -0.3 is 2.85 Å². The molecule has 0 fully saturated rings. The standard InChI is InChI=1S/C9H7.C7H9Si.C6H6P.Hf.2H/c1-2-5-9-7-3-6-8(9)4-1;1-8-7-5-3-2-4-6-7;7-6-4-2-1-3-5-6;;;/h1-7H;2-6,8H,1H3;1-5,7H;;;/q;;-1;+3;2*-1. The largest absolute Gasteiger partial charge is 1.00 e. The van der Waals surface area contributed by atoms with Crippen LogP contribution in [-0.4, -0.2) is 5.98 Å². The van der Waals surface area contributed by atoms with E-state index in [9.17, 15) is 0 Å². The van der Waals surface area contributed by atoms with Crippen molar-refractivity contribution in [1.82, 2.24) is 0 Å². The van der Waals surface area contributed by atoms with Gasteiger partial charge in [-0.2, -0.15) is 0 Å². The molecule has 25 heavy (non-hydrogen) atoms. The molecule has 3 aromatic carbocycles. The normalized spacial score (nSPS) is 16.9. The number of rotatable bonds is 5. The van der Waals surface area contributed by atoms with E-state index in [1.165, 1.54) is 5.56 Å². The summed E-state index contributed by atoms with van der Waals surface area (Å²) in [5.74, 6) is 0.188. The van der Waals surface area contributed by atoms with Crippen molar-refractivity contribution < 1.29 is 22.9 Å². The molecular weight excluding hydrogens is 502 g/mol. The molecule has 3 atom stereocenters. The molecule has 0 heterocycles. The molecule has 1 aliphatic carbocycles. The molecule has 0 saturated carbocycles. The number of fused-ring (bicyclic) bond motifs is 1. The Hall–Kier alpha value is -1.08. The van der Waals surface area contributed by atoms with Gasteiger partial charge in [0, 0.05) is 0 Å². The third-order valence-corrected chi connectivity index (χ3v) is 51.9. The molecule has 0 radical (unpaired) electrons. The summed E-state index contributed by atoms with van der Waals surface area (Å²) in [7, 11) is 0. The minimum absolute atomic E-state index is 0. The van der Waals surface area contributed by atoms with Gasteiger partial charge in [-0.3, -0.25) is 0 Å². The topological polar surface area (TPSA) is 0 Å². The van der Waals surface area contributed by atoms with Crippen LogP contribution in [0.15, 0.2) is 91.0 Å². The number of hydrogen-bond donors (Lipinski definition) is 0. The first-order valence-electron chi connectivity index (χ1n) is 8.84. The van der Waals surface area contributed by atoms with E-state index in [1.807, 2.05) is 0 Å². The summed E-state index contributed by atoms with van der Waals surface area (Å²) in [5, 5.41) is 3.25. The van der Waals surface area contributed by atoms with Gasteiger partial charge >= 0.3 is 161 Å². The average Bonchev–Trinajstić information content (AvgIpc) is 3.11. The van der Waals surface area contributed by atoms with Crippen LogP contribution in [0.25, 0.3) is 6.08 Å². The Morgan fingerprint density at radius 3 is 2.24 bits per heavy atom. The molecule has 3 aromatic rings. The fourth-order valence-electron chi connectivity index (χ4n) is 3.59. The van der Waals surface area contributed by atoms with Crippen LogP contribution in [0.2, 0.25) is 6.55 Å². The molecule has 0 N–H and O–H groups in total. The zero-order valence-electron chi connectivity index (χ0n) is 16.4. The summed E-state index contributed by atoms with van der Waals surface area (Å²) >= 11 is -1.90. The van der Waals surface area contributed by atoms with Crippen LogP contribution >= 0.6 is 5.93 Å². The fraction of sp³-hybridized carbons (Fsp3) is 0.0909. The molecule has 1 aliphatic rings. The Morgan fingerprint density at radius 2 is 1.48 bits per heavy atom. The maximum Gasteiger partial charge on any atom is -1.00 e. The number of benzene rings is 3. The Bertz CT molecular complexity index is 874. The second-order valence-electron chi connectivity index (χ2n) is 6.54. The molecule has 0 aromatic heterocycles. The van der Waals surface area contributed by atoms with E-state index in [0.29, 0.717) is 0 Å². The van der Waals surface area contributed by atoms with Crippen molar-refractivity contribution in [2.75, 3.05) is 0 Å². The zero-order chi connectivity index (χ0) is 17.1. The second-order valence-corrected chi connectivity index (χ2v) is 41.6. The predicted molar refractivity (Wildman–Crippen MR) is 114 cm³/mol. The van der Waals surface area contributed by atoms with E-state index < -0.39 is 26.0 Å². The molecular formula is C22H24HfPSi. The third-order valence-electron chi connectivity index (χ3n) is 4.96. The van der Waals surface area contributed by atoms with E-state index >= 15 is 0 Å². The monoisotopic (exact) mass is 527 g/mol. The molecule has 0 aliphatic heterocycles. The molecule has 0 spiro atoms. The minimum Gasteiger partial charge on any atom is -1.00 e. The van der Waals surface area contributed by atoms with Gasteiger partial charge in [-0.25, -0.2) is 0 Å². The average molecular weight is 526 g/mol. The van der Waals surface area contributed by atoms with Crippen molar-refractivity contribution in [2.45, 2.75) is 10.2 Å². The fourth-order valence-corrected chi connectivity index (χ4v) is 48.7. The molecule has 0 nitrogen and oxygen atoms in total. The minimum atomic E-state index is -1.90. The molecule has 0 saturated heterocycles. The Kier molecular flexibility index (Phi) is 5.60. The van der Waals surface area contributed by atoms with Gasteiger partial charge in [-0.05, 0) is 0 Å². The van der Waals surface area contributed by atoms with Crippen LogP contribution in [0.4, 0.5) is 0 Å². The zero-order valence-corrected chi connectivity index (χ0v) is 20.1. The smallest absolute Gasteiger partial charge is 1.00 e. The Morgan fingerprint density at radius 1 is 0.840 bits per heavy atom. The van der Waals surface area contributed by atoms with E-state index in [0.717, 1.165) is 9.60 Å². The quantitative estimate of drug-likeness (QED) is 0.332. The maximum absolute atomic E-state index is 2.63. The first kappa shape index (κ1) is 17.3. The van der Waals surface area contributed by atoms with Gasteiger partial charge in [-0.1, -0.05) is 0 Å². The van der Waals surface area contributed by atoms with Crippen molar-refractivity contribution in [3.8, 4) is 0 Å². The van der Waals surface area contributed by atoms with E-state index in [4.69, 9.17) is 0 Å². The summed E-state index contributed by atoms with van der Waals surface area (Å²) in [4.78, 5) is 0. The van der Waals surface area contributed by atoms with Crippen molar-refractivity contribution in [2.24, 2.45) is 0 Å². The van der Waals surface area contributed by atoms with Gasteiger partial charge in [0.1, 0.15) is 0 Å². The molecule has 3 heteroatoms. The van der Waals surface area contributed by atoms with Crippen LogP contribution < -0.4 is 10.5 Å². The summed E-state index contributed by atoms with van der Waals surface area (Å²) < 4.78 is 0.765. The third kappa shape index (κ3) is 3.87. The molecule has 0 amide bonds. The van der Waals surface area contributed by atoms with E-state index in [-0.39, 0.29) is 2.85 Å².